The molecule has 1 aromatic carbocycles. The summed E-state index contributed by atoms with van der Waals surface area (Å²) in [5, 5.41) is 7.18. The number of sulfonamides is 1. The zero-order chi connectivity index (χ0) is 14.9. The van der Waals surface area contributed by atoms with Gasteiger partial charge in [-0.2, -0.15) is 0 Å². The maximum absolute atomic E-state index is 13.5. The van der Waals surface area contributed by atoms with E-state index >= 15 is 0 Å². The lowest BCUT2D eigenvalue weighted by atomic mass is 10.3. The number of hydrogen-bond acceptors (Lipinski definition) is 4. The highest BCUT2D eigenvalue weighted by atomic mass is 79.9. The fraction of sp³-hybridized carbons (Fsp3) is 0.0909. The van der Waals surface area contributed by atoms with E-state index in [0.29, 0.717) is 0 Å². The molecule has 0 saturated heterocycles. The highest BCUT2D eigenvalue weighted by Crippen LogP contribution is 2.27. The van der Waals surface area contributed by atoms with Crippen molar-refractivity contribution in [3.8, 4) is 0 Å². The van der Waals surface area contributed by atoms with Gasteiger partial charge >= 0.3 is 0 Å². The molecule has 0 radical (unpaired) electrons. The fourth-order valence-electron chi connectivity index (χ4n) is 1.49. The summed E-state index contributed by atoms with van der Waals surface area (Å²) >= 11 is 3.02. The predicted molar refractivity (Wildman–Crippen MR) is 71.5 cm³/mol. The Labute approximate surface area is 121 Å². The third-order valence-electron chi connectivity index (χ3n) is 2.36. The van der Waals surface area contributed by atoms with Crippen molar-refractivity contribution in [2.24, 2.45) is 5.14 Å². The third kappa shape index (κ3) is 3.35. The van der Waals surface area contributed by atoms with Crippen molar-refractivity contribution < 1.29 is 21.6 Å². The molecule has 0 fully saturated rings. The predicted octanol–water partition coefficient (Wildman–Crippen LogP) is 2.58. The zero-order valence-corrected chi connectivity index (χ0v) is 12.3. The lowest BCUT2D eigenvalue weighted by molar-refractivity contribution is 0.419. The minimum absolute atomic E-state index is 0.0106. The molecule has 0 saturated carbocycles. The Morgan fingerprint density at radius 2 is 2.00 bits per heavy atom. The van der Waals surface area contributed by atoms with E-state index in [1.54, 1.807) is 0 Å². The van der Waals surface area contributed by atoms with Gasteiger partial charge in [-0.05, 0) is 34.1 Å². The van der Waals surface area contributed by atoms with Crippen molar-refractivity contribution in [2.75, 3.05) is 5.32 Å². The van der Waals surface area contributed by atoms with Gasteiger partial charge in [0, 0.05) is 10.5 Å². The van der Waals surface area contributed by atoms with Gasteiger partial charge in [-0.1, -0.05) is 0 Å². The fourth-order valence-corrected chi connectivity index (χ4v) is 2.52. The number of halogens is 3. The Morgan fingerprint density at radius 1 is 1.30 bits per heavy atom. The number of anilines is 1. The van der Waals surface area contributed by atoms with Crippen molar-refractivity contribution in [2.45, 2.75) is 11.6 Å². The summed E-state index contributed by atoms with van der Waals surface area (Å²) in [6.45, 7) is 0.0106. The van der Waals surface area contributed by atoms with Gasteiger partial charge in [0.25, 0.3) is 10.0 Å². The summed E-state index contributed by atoms with van der Waals surface area (Å²) in [5.41, 5.74) is 0.0416. The summed E-state index contributed by atoms with van der Waals surface area (Å²) in [4.78, 5) is 0. The second-order valence-electron chi connectivity index (χ2n) is 3.86. The smallest absolute Gasteiger partial charge is 0.271 e. The summed E-state index contributed by atoms with van der Waals surface area (Å²) in [6.07, 6.45) is 0. The van der Waals surface area contributed by atoms with Gasteiger partial charge in [-0.15, -0.1) is 0 Å². The van der Waals surface area contributed by atoms with E-state index in [1.165, 1.54) is 12.1 Å². The van der Waals surface area contributed by atoms with Gasteiger partial charge in [0.05, 0.1) is 12.2 Å². The van der Waals surface area contributed by atoms with Crippen LogP contribution in [0.1, 0.15) is 5.76 Å². The minimum Gasteiger partial charge on any atom is -0.446 e. The molecule has 2 rings (SSSR count). The number of primary sulfonamides is 1. The molecule has 0 unspecified atom stereocenters. The number of nitrogens with two attached hydrogens (primary N) is 1. The lowest BCUT2D eigenvalue weighted by Gasteiger charge is -2.08. The first-order chi connectivity index (χ1) is 9.27. The normalized spacial score (nSPS) is 11.6. The van der Waals surface area contributed by atoms with Crippen molar-refractivity contribution >= 4 is 31.6 Å². The molecule has 9 heteroatoms. The van der Waals surface area contributed by atoms with Crippen molar-refractivity contribution in [1.29, 1.82) is 0 Å². The molecule has 0 bridgehead atoms. The van der Waals surface area contributed by atoms with E-state index in [1.807, 2.05) is 0 Å². The van der Waals surface area contributed by atoms with E-state index in [2.05, 4.69) is 21.2 Å². The van der Waals surface area contributed by atoms with Crippen LogP contribution >= 0.6 is 15.9 Å². The summed E-state index contributed by atoms with van der Waals surface area (Å²) in [6, 6.07) is 4.42. The second kappa shape index (κ2) is 5.51. The molecule has 2 aromatic rings. The summed E-state index contributed by atoms with van der Waals surface area (Å²) in [5.74, 6) is -1.26. The third-order valence-corrected chi connectivity index (χ3v) is 3.77. The van der Waals surface area contributed by atoms with E-state index in [9.17, 15) is 17.2 Å². The van der Waals surface area contributed by atoms with Crippen LogP contribution in [-0.2, 0) is 16.6 Å². The lowest BCUT2D eigenvalue weighted by Crippen LogP contribution is -2.10. The van der Waals surface area contributed by atoms with E-state index < -0.39 is 21.7 Å². The molecule has 5 nitrogen and oxygen atoms in total. The molecular weight excluding hydrogens is 358 g/mol. The van der Waals surface area contributed by atoms with Crippen LogP contribution in [0.4, 0.5) is 14.5 Å². The zero-order valence-electron chi connectivity index (χ0n) is 9.86. The van der Waals surface area contributed by atoms with E-state index in [0.717, 1.165) is 12.1 Å². The first-order valence-electron chi connectivity index (χ1n) is 5.27. The van der Waals surface area contributed by atoms with Crippen LogP contribution in [-0.4, -0.2) is 8.42 Å². The van der Waals surface area contributed by atoms with Crippen LogP contribution in [0.3, 0.4) is 0 Å². The average molecular weight is 367 g/mol. The van der Waals surface area contributed by atoms with Crippen molar-refractivity contribution in [3.63, 3.8) is 0 Å². The van der Waals surface area contributed by atoms with Gasteiger partial charge in [0.1, 0.15) is 17.4 Å². The standard InChI is InChI=1S/C11H9BrF2N2O3S/c12-8-3-6(13)4-9(14)11(8)16-5-7-1-2-10(19-7)20(15,17)18/h1-4,16H,5H2,(H2,15,17,18). The van der Waals surface area contributed by atoms with Crippen molar-refractivity contribution in [3.05, 3.63) is 46.1 Å². The Hall–Kier alpha value is -1.45. The summed E-state index contributed by atoms with van der Waals surface area (Å²) < 4.78 is 53.7. The highest BCUT2D eigenvalue weighted by Gasteiger charge is 2.14. The number of benzene rings is 1. The second-order valence-corrected chi connectivity index (χ2v) is 6.21. The maximum Gasteiger partial charge on any atom is 0.271 e. The molecule has 0 aliphatic rings. The maximum atomic E-state index is 13.5. The Bertz CT molecular complexity index is 723. The molecule has 20 heavy (non-hydrogen) atoms. The first kappa shape index (κ1) is 14.9. The number of nitrogens with one attached hydrogen (secondary N) is 1. The molecule has 0 atom stereocenters. The molecule has 1 aromatic heterocycles. The highest BCUT2D eigenvalue weighted by molar-refractivity contribution is 9.10. The quantitative estimate of drug-likeness (QED) is 0.870. The van der Waals surface area contributed by atoms with Crippen LogP contribution in [0.5, 0.6) is 0 Å². The Kier molecular flexibility index (Phi) is 4.11. The molecule has 3 N–H and O–H groups in total. The van der Waals surface area contributed by atoms with E-state index in [4.69, 9.17) is 9.56 Å². The number of furan rings is 1. The van der Waals surface area contributed by atoms with Gasteiger partial charge in [-0.25, -0.2) is 22.3 Å². The monoisotopic (exact) mass is 366 g/mol. The van der Waals surface area contributed by atoms with Gasteiger partial charge in [0.15, 0.2) is 0 Å². The number of hydrogen-bond donors (Lipinski definition) is 2. The van der Waals surface area contributed by atoms with Crippen LogP contribution in [0.25, 0.3) is 0 Å². The molecular formula is C11H9BrF2N2O3S. The molecule has 0 amide bonds. The largest absolute Gasteiger partial charge is 0.446 e. The molecule has 108 valence electrons. The molecule has 0 spiro atoms. The molecule has 1 heterocycles. The van der Waals surface area contributed by atoms with Crippen LogP contribution < -0.4 is 10.5 Å². The van der Waals surface area contributed by atoms with Crippen LogP contribution in [0.2, 0.25) is 0 Å². The van der Waals surface area contributed by atoms with Gasteiger partial charge in [0.2, 0.25) is 5.09 Å². The Balaban J connectivity index is 2.16. The van der Waals surface area contributed by atoms with E-state index in [-0.39, 0.29) is 27.6 Å². The Morgan fingerprint density at radius 3 is 2.55 bits per heavy atom. The van der Waals surface area contributed by atoms with Gasteiger partial charge in [-0.3, -0.25) is 0 Å². The minimum atomic E-state index is -3.91. The van der Waals surface area contributed by atoms with Crippen LogP contribution in [0.15, 0.2) is 38.2 Å². The van der Waals surface area contributed by atoms with Crippen LogP contribution in [0, 0.1) is 11.6 Å². The first-order valence-corrected chi connectivity index (χ1v) is 7.61. The topological polar surface area (TPSA) is 85.3 Å². The number of rotatable bonds is 4. The molecule has 0 aliphatic heterocycles. The van der Waals surface area contributed by atoms with Crippen molar-refractivity contribution in [1.82, 2.24) is 0 Å². The average Bonchev–Trinajstić information content (AvgIpc) is 2.75. The van der Waals surface area contributed by atoms with Gasteiger partial charge < -0.3 is 9.73 Å². The SMILES string of the molecule is NS(=O)(=O)c1ccc(CNc2c(F)cc(F)cc2Br)o1. The summed E-state index contributed by atoms with van der Waals surface area (Å²) in [7, 11) is -3.91. The molecule has 0 aliphatic carbocycles.